The van der Waals surface area contributed by atoms with Crippen LogP contribution in [-0.4, -0.2) is 35.2 Å². The van der Waals surface area contributed by atoms with Crippen molar-refractivity contribution in [1.29, 1.82) is 0 Å². The third-order valence-corrected chi connectivity index (χ3v) is 8.03. The summed E-state index contributed by atoms with van der Waals surface area (Å²) in [5.74, 6) is -3.05. The van der Waals surface area contributed by atoms with E-state index >= 15 is 0 Å². The lowest BCUT2D eigenvalue weighted by Gasteiger charge is -2.43. The lowest BCUT2D eigenvalue weighted by atomic mass is 9.68. The quantitative estimate of drug-likeness (QED) is 0.357. The second kappa shape index (κ2) is 5.18. The van der Waals surface area contributed by atoms with Crippen LogP contribution in [0, 0.1) is 28.1 Å². The molecule has 6 nitrogen and oxygen atoms in total. The highest BCUT2D eigenvalue weighted by Gasteiger charge is 2.70. The summed E-state index contributed by atoms with van der Waals surface area (Å²) in [7, 11) is 0. The Morgan fingerprint density at radius 2 is 1.96 bits per heavy atom. The molecule has 0 spiro atoms. The summed E-state index contributed by atoms with van der Waals surface area (Å²) in [6.45, 7) is 5.57. The van der Waals surface area contributed by atoms with Crippen molar-refractivity contribution in [2.75, 3.05) is 6.61 Å². The number of aliphatic hydroxyl groups is 1. The normalized spacial score (nSPS) is 44.5. The molecule has 4 aliphatic carbocycles. The third-order valence-electron chi connectivity index (χ3n) is 8.03. The van der Waals surface area contributed by atoms with Crippen molar-refractivity contribution >= 4 is 17.7 Å². The number of hydrogen-bond acceptors (Lipinski definition) is 6. The Labute approximate surface area is 152 Å². The van der Waals surface area contributed by atoms with Gasteiger partial charge in [-0.25, -0.2) is 4.79 Å². The van der Waals surface area contributed by atoms with Crippen molar-refractivity contribution in [3.8, 4) is 0 Å². The Balaban J connectivity index is 1.39. The van der Waals surface area contributed by atoms with Gasteiger partial charge in [-0.3, -0.25) is 9.59 Å². The summed E-state index contributed by atoms with van der Waals surface area (Å²) < 4.78 is 10.5. The largest absolute Gasteiger partial charge is 0.453 e. The molecule has 4 rings (SSSR count). The van der Waals surface area contributed by atoms with Crippen LogP contribution in [0.15, 0.2) is 12.2 Å². The number of ether oxygens (including phenoxy) is 2. The van der Waals surface area contributed by atoms with E-state index in [1.165, 1.54) is 0 Å². The van der Waals surface area contributed by atoms with Crippen molar-refractivity contribution in [2.45, 2.75) is 58.7 Å². The molecule has 0 amide bonds. The number of hydrogen-bond donors (Lipinski definition) is 1. The second-order valence-corrected chi connectivity index (χ2v) is 9.17. The van der Waals surface area contributed by atoms with Crippen LogP contribution in [0.25, 0.3) is 0 Å². The monoisotopic (exact) mass is 362 g/mol. The molecule has 0 radical (unpaired) electrons. The van der Waals surface area contributed by atoms with E-state index in [1.54, 1.807) is 12.2 Å². The van der Waals surface area contributed by atoms with Crippen LogP contribution in [0.3, 0.4) is 0 Å². The Morgan fingerprint density at radius 1 is 1.23 bits per heavy atom. The highest BCUT2D eigenvalue weighted by atomic mass is 16.7. The number of fused-ring (bicyclic) bond motifs is 4. The zero-order chi connectivity index (χ0) is 19.0. The molecule has 6 heteroatoms. The Kier molecular flexibility index (Phi) is 3.53. The smallest absolute Gasteiger partial charge is 0.346 e. The van der Waals surface area contributed by atoms with Gasteiger partial charge >= 0.3 is 11.9 Å². The maximum Gasteiger partial charge on any atom is 0.346 e. The minimum absolute atomic E-state index is 0.127. The number of carbonyl (C=O) groups is 3. The molecule has 1 N–H and O–H groups in total. The molecule has 0 aromatic rings. The number of Topliss-reactive ketones (excluding diaryl/α,β-unsaturated/α-hetero) is 1. The topological polar surface area (TPSA) is 89.9 Å². The average molecular weight is 362 g/mol. The van der Waals surface area contributed by atoms with E-state index < -0.39 is 35.2 Å². The summed E-state index contributed by atoms with van der Waals surface area (Å²) in [6.07, 6.45) is 6.62. The van der Waals surface area contributed by atoms with Gasteiger partial charge in [-0.15, -0.1) is 0 Å². The zero-order valence-corrected chi connectivity index (χ0v) is 15.5. The van der Waals surface area contributed by atoms with Crippen LogP contribution in [0.2, 0.25) is 0 Å². The lowest BCUT2D eigenvalue weighted by Crippen LogP contribution is -2.50. The standard InChI is InChI=1S/C20H26O6/c1-17(2)13-6-7-18(17,3)20(24,10-13)26-14(21)11-25-16(23)19-8-4-12(5-9-19)15(19)22/h4,8,12-13,24H,5-7,9-11H2,1-3H3. The van der Waals surface area contributed by atoms with Crippen LogP contribution < -0.4 is 0 Å². The van der Waals surface area contributed by atoms with Crippen molar-refractivity contribution in [1.82, 2.24) is 0 Å². The summed E-state index contributed by atoms with van der Waals surface area (Å²) in [5, 5.41) is 11.0. The molecule has 5 atom stereocenters. The molecule has 0 aromatic heterocycles. The summed E-state index contributed by atoms with van der Waals surface area (Å²) in [5.41, 5.74) is -1.87. The van der Waals surface area contributed by atoms with Crippen molar-refractivity contribution in [3.05, 3.63) is 12.2 Å². The first-order valence-electron chi connectivity index (χ1n) is 9.41. The van der Waals surface area contributed by atoms with E-state index in [4.69, 9.17) is 9.47 Å². The van der Waals surface area contributed by atoms with Gasteiger partial charge in [-0.1, -0.05) is 32.9 Å². The fourth-order valence-corrected chi connectivity index (χ4v) is 5.71. The third kappa shape index (κ3) is 1.99. The molecule has 4 bridgehead atoms. The molecule has 26 heavy (non-hydrogen) atoms. The zero-order valence-electron chi connectivity index (χ0n) is 15.5. The fourth-order valence-electron chi connectivity index (χ4n) is 5.71. The molecule has 3 fully saturated rings. The van der Waals surface area contributed by atoms with Gasteiger partial charge in [-0.2, -0.15) is 0 Å². The molecule has 0 heterocycles. The van der Waals surface area contributed by atoms with E-state index in [9.17, 15) is 19.5 Å². The Bertz CT molecular complexity index is 724. The van der Waals surface area contributed by atoms with Gasteiger partial charge in [0.25, 0.3) is 0 Å². The van der Waals surface area contributed by atoms with E-state index in [1.807, 2.05) is 6.92 Å². The predicted octanol–water partition coefficient (Wildman–Crippen LogP) is 2.14. The molecule has 142 valence electrons. The SMILES string of the molecule is CC1(C)C2CCC1(C)C(O)(OC(=O)COC(=O)C13C=CC(CC1)C3=O)C2. The molecular formula is C20H26O6. The van der Waals surface area contributed by atoms with E-state index in [-0.39, 0.29) is 17.1 Å². The molecule has 3 saturated carbocycles. The summed E-state index contributed by atoms with van der Waals surface area (Å²) in [4.78, 5) is 36.8. The first-order valence-corrected chi connectivity index (χ1v) is 9.41. The fraction of sp³-hybridized carbons (Fsp3) is 0.750. The van der Waals surface area contributed by atoms with E-state index in [0.29, 0.717) is 25.2 Å². The lowest BCUT2D eigenvalue weighted by molar-refractivity contribution is -0.263. The molecule has 0 aromatic carbocycles. The molecular weight excluding hydrogens is 336 g/mol. The van der Waals surface area contributed by atoms with Crippen LogP contribution in [0.4, 0.5) is 0 Å². The van der Waals surface area contributed by atoms with E-state index in [0.717, 1.165) is 12.8 Å². The average Bonchev–Trinajstić information content (AvgIpc) is 3.19. The van der Waals surface area contributed by atoms with Crippen LogP contribution >= 0.6 is 0 Å². The maximum absolute atomic E-state index is 12.4. The number of allylic oxidation sites excluding steroid dienone is 1. The van der Waals surface area contributed by atoms with Gasteiger partial charge in [0.15, 0.2) is 12.4 Å². The number of rotatable bonds is 4. The highest BCUT2D eigenvalue weighted by molar-refractivity contribution is 6.11. The first-order chi connectivity index (χ1) is 12.1. The van der Waals surface area contributed by atoms with Crippen LogP contribution in [-0.2, 0) is 23.9 Å². The Morgan fingerprint density at radius 3 is 2.42 bits per heavy atom. The van der Waals surface area contributed by atoms with Gasteiger partial charge in [0.2, 0.25) is 5.79 Å². The maximum atomic E-state index is 12.4. The van der Waals surface area contributed by atoms with Gasteiger partial charge in [0.1, 0.15) is 5.41 Å². The predicted molar refractivity (Wildman–Crippen MR) is 90.5 cm³/mol. The molecule has 5 unspecified atom stereocenters. The number of esters is 2. The minimum Gasteiger partial charge on any atom is -0.453 e. The van der Waals surface area contributed by atoms with Gasteiger partial charge < -0.3 is 14.6 Å². The van der Waals surface area contributed by atoms with Crippen molar-refractivity contribution in [2.24, 2.45) is 28.1 Å². The van der Waals surface area contributed by atoms with Gasteiger partial charge in [-0.05, 0) is 37.0 Å². The van der Waals surface area contributed by atoms with Gasteiger partial charge in [0.05, 0.1) is 0 Å². The van der Waals surface area contributed by atoms with E-state index in [2.05, 4.69) is 13.8 Å². The second-order valence-electron chi connectivity index (χ2n) is 9.17. The number of carbonyl (C=O) groups excluding carboxylic acids is 3. The minimum atomic E-state index is -1.54. The highest BCUT2D eigenvalue weighted by Crippen LogP contribution is 2.69. The van der Waals surface area contributed by atoms with Crippen LogP contribution in [0.1, 0.15) is 52.9 Å². The Hall–Kier alpha value is -1.69. The van der Waals surface area contributed by atoms with Crippen LogP contribution in [0.5, 0.6) is 0 Å². The summed E-state index contributed by atoms with van der Waals surface area (Å²) in [6, 6.07) is 0. The molecule has 4 aliphatic rings. The number of ketones is 1. The molecule has 0 saturated heterocycles. The van der Waals surface area contributed by atoms with Crippen molar-refractivity contribution < 1.29 is 29.0 Å². The molecule has 0 aliphatic heterocycles. The first kappa shape index (κ1) is 17.7. The van der Waals surface area contributed by atoms with Crippen molar-refractivity contribution in [3.63, 3.8) is 0 Å². The summed E-state index contributed by atoms with van der Waals surface area (Å²) >= 11 is 0. The van der Waals surface area contributed by atoms with Gasteiger partial charge in [0, 0.05) is 17.8 Å².